The summed E-state index contributed by atoms with van der Waals surface area (Å²) in [7, 11) is 0. The van der Waals surface area contributed by atoms with Crippen molar-refractivity contribution in [1.82, 2.24) is 5.32 Å². The second kappa shape index (κ2) is 4.70. The second-order valence-electron chi connectivity index (χ2n) is 3.77. The van der Waals surface area contributed by atoms with Gasteiger partial charge in [-0.1, -0.05) is 28.1 Å². The number of carbonyl (C=O) groups is 1. The molecule has 0 aromatic heterocycles. The number of hydrogen-bond donors (Lipinski definition) is 2. The predicted molar refractivity (Wildman–Crippen MR) is 65.4 cm³/mol. The molecular weight excluding hydrogens is 270 g/mol. The first-order valence-electron chi connectivity index (χ1n) is 5.11. The summed E-state index contributed by atoms with van der Waals surface area (Å²) in [6.07, 6.45) is 5.82. The molecule has 0 spiro atoms. The van der Waals surface area contributed by atoms with Crippen LogP contribution in [0.25, 0.3) is 0 Å². The summed E-state index contributed by atoms with van der Waals surface area (Å²) >= 11 is 3.27. The van der Waals surface area contributed by atoms with Crippen LogP contribution < -0.4 is 5.32 Å². The third-order valence-corrected chi connectivity index (χ3v) is 3.04. The molecule has 0 aliphatic heterocycles. The molecule has 16 heavy (non-hydrogen) atoms. The lowest BCUT2D eigenvalue weighted by Crippen LogP contribution is -2.32. The molecule has 1 aliphatic carbocycles. The Kier molecular flexibility index (Phi) is 3.29. The van der Waals surface area contributed by atoms with Crippen LogP contribution in [0.4, 0.5) is 0 Å². The first-order chi connectivity index (χ1) is 7.66. The van der Waals surface area contributed by atoms with Gasteiger partial charge in [-0.15, -0.1) is 0 Å². The minimum Gasteiger partial charge on any atom is -0.507 e. The maximum Gasteiger partial charge on any atom is 0.255 e. The Morgan fingerprint density at radius 3 is 2.75 bits per heavy atom. The zero-order valence-electron chi connectivity index (χ0n) is 8.61. The van der Waals surface area contributed by atoms with Gasteiger partial charge < -0.3 is 10.4 Å². The SMILES string of the molecule is O=C(NC1CC=CC1)c1cc(Br)ccc1O. The molecule has 0 radical (unpaired) electrons. The van der Waals surface area contributed by atoms with Crippen molar-refractivity contribution in [1.29, 1.82) is 0 Å². The summed E-state index contributed by atoms with van der Waals surface area (Å²) in [6, 6.07) is 4.98. The number of phenolic OH excluding ortho intramolecular Hbond substituents is 1. The Morgan fingerprint density at radius 2 is 2.06 bits per heavy atom. The molecule has 2 rings (SSSR count). The highest BCUT2D eigenvalue weighted by molar-refractivity contribution is 9.10. The van der Waals surface area contributed by atoms with Gasteiger partial charge in [0.25, 0.3) is 5.91 Å². The summed E-state index contributed by atoms with van der Waals surface area (Å²) in [5.74, 6) is -0.223. The van der Waals surface area contributed by atoms with Crippen LogP contribution in [0, 0.1) is 0 Å². The van der Waals surface area contributed by atoms with Gasteiger partial charge in [0, 0.05) is 10.5 Å². The van der Waals surface area contributed by atoms with Crippen LogP contribution in [0.3, 0.4) is 0 Å². The summed E-state index contributed by atoms with van der Waals surface area (Å²) in [6.45, 7) is 0. The summed E-state index contributed by atoms with van der Waals surface area (Å²) < 4.78 is 0.778. The van der Waals surface area contributed by atoms with Crippen LogP contribution in [0.2, 0.25) is 0 Å². The standard InChI is InChI=1S/C12H12BrNO2/c13-8-5-6-11(15)10(7-8)12(16)14-9-3-1-2-4-9/h1-2,5-7,9,15H,3-4H2,(H,14,16). The largest absolute Gasteiger partial charge is 0.507 e. The Hall–Kier alpha value is -1.29. The van der Waals surface area contributed by atoms with Gasteiger partial charge in [-0.3, -0.25) is 4.79 Å². The van der Waals surface area contributed by atoms with Crippen LogP contribution in [0.5, 0.6) is 5.75 Å². The minimum absolute atomic E-state index is 0.00616. The molecule has 1 aromatic carbocycles. The Labute approximate surface area is 102 Å². The van der Waals surface area contributed by atoms with Gasteiger partial charge in [0.2, 0.25) is 0 Å². The molecule has 2 N–H and O–H groups in total. The van der Waals surface area contributed by atoms with Crippen molar-refractivity contribution < 1.29 is 9.90 Å². The van der Waals surface area contributed by atoms with E-state index in [1.165, 1.54) is 6.07 Å². The number of aromatic hydroxyl groups is 1. The van der Waals surface area contributed by atoms with Crippen molar-refractivity contribution in [3.05, 3.63) is 40.4 Å². The average Bonchev–Trinajstić information content (AvgIpc) is 2.74. The van der Waals surface area contributed by atoms with E-state index >= 15 is 0 Å². The maximum atomic E-state index is 11.9. The molecular formula is C12H12BrNO2. The first kappa shape index (κ1) is 11.2. The number of nitrogens with one attached hydrogen (secondary N) is 1. The Bertz CT molecular complexity index is 435. The number of amides is 1. The predicted octanol–water partition coefficient (Wildman–Crippen LogP) is 2.60. The van der Waals surface area contributed by atoms with E-state index in [1.54, 1.807) is 12.1 Å². The van der Waals surface area contributed by atoms with Crippen molar-refractivity contribution >= 4 is 21.8 Å². The highest BCUT2D eigenvalue weighted by atomic mass is 79.9. The van der Waals surface area contributed by atoms with Crippen LogP contribution in [0.15, 0.2) is 34.8 Å². The van der Waals surface area contributed by atoms with Gasteiger partial charge in [-0.05, 0) is 31.0 Å². The highest BCUT2D eigenvalue weighted by Crippen LogP contribution is 2.22. The quantitative estimate of drug-likeness (QED) is 0.819. The monoisotopic (exact) mass is 281 g/mol. The smallest absolute Gasteiger partial charge is 0.255 e. The van der Waals surface area contributed by atoms with Crippen LogP contribution in [0.1, 0.15) is 23.2 Å². The normalized spacial score (nSPS) is 15.3. The molecule has 0 heterocycles. The number of rotatable bonds is 2. The van der Waals surface area contributed by atoms with Crippen molar-refractivity contribution in [2.24, 2.45) is 0 Å². The molecule has 4 heteroatoms. The van der Waals surface area contributed by atoms with Crippen molar-refractivity contribution in [3.8, 4) is 5.75 Å². The average molecular weight is 282 g/mol. The summed E-state index contributed by atoms with van der Waals surface area (Å²) in [5.41, 5.74) is 0.307. The molecule has 3 nitrogen and oxygen atoms in total. The van der Waals surface area contributed by atoms with Gasteiger partial charge in [0.1, 0.15) is 5.75 Å². The van der Waals surface area contributed by atoms with E-state index in [-0.39, 0.29) is 17.7 Å². The number of phenols is 1. The molecule has 0 saturated heterocycles. The fraction of sp³-hybridized carbons (Fsp3) is 0.250. The Balaban J connectivity index is 2.10. The van der Waals surface area contributed by atoms with E-state index in [1.807, 2.05) is 12.2 Å². The van der Waals surface area contributed by atoms with E-state index < -0.39 is 0 Å². The van der Waals surface area contributed by atoms with E-state index in [9.17, 15) is 9.90 Å². The first-order valence-corrected chi connectivity index (χ1v) is 5.90. The third-order valence-electron chi connectivity index (χ3n) is 2.55. The lowest BCUT2D eigenvalue weighted by molar-refractivity contribution is 0.0936. The molecule has 1 amide bonds. The van der Waals surface area contributed by atoms with E-state index in [0.29, 0.717) is 5.56 Å². The zero-order chi connectivity index (χ0) is 11.5. The van der Waals surface area contributed by atoms with Crippen LogP contribution >= 0.6 is 15.9 Å². The van der Waals surface area contributed by atoms with Crippen molar-refractivity contribution in [2.75, 3.05) is 0 Å². The molecule has 1 aromatic rings. The topological polar surface area (TPSA) is 49.3 Å². The fourth-order valence-electron chi connectivity index (χ4n) is 1.69. The molecule has 1 aliphatic rings. The van der Waals surface area contributed by atoms with Crippen molar-refractivity contribution in [2.45, 2.75) is 18.9 Å². The summed E-state index contributed by atoms with van der Waals surface area (Å²) in [5, 5.41) is 12.5. The summed E-state index contributed by atoms with van der Waals surface area (Å²) in [4.78, 5) is 11.9. The highest BCUT2D eigenvalue weighted by Gasteiger charge is 2.17. The molecule has 0 bridgehead atoms. The third kappa shape index (κ3) is 2.44. The number of halogens is 1. The van der Waals surface area contributed by atoms with Crippen LogP contribution in [-0.4, -0.2) is 17.1 Å². The van der Waals surface area contributed by atoms with Gasteiger partial charge in [0.05, 0.1) is 5.56 Å². The molecule has 84 valence electrons. The van der Waals surface area contributed by atoms with Gasteiger partial charge in [-0.2, -0.15) is 0 Å². The van der Waals surface area contributed by atoms with E-state index in [2.05, 4.69) is 21.2 Å². The van der Waals surface area contributed by atoms with Crippen molar-refractivity contribution in [3.63, 3.8) is 0 Å². The van der Waals surface area contributed by atoms with Gasteiger partial charge in [-0.25, -0.2) is 0 Å². The zero-order valence-corrected chi connectivity index (χ0v) is 10.2. The minimum atomic E-state index is -0.229. The van der Waals surface area contributed by atoms with E-state index in [4.69, 9.17) is 0 Å². The molecule has 0 unspecified atom stereocenters. The lowest BCUT2D eigenvalue weighted by Gasteiger charge is -2.12. The molecule has 0 atom stereocenters. The second-order valence-corrected chi connectivity index (χ2v) is 4.69. The Morgan fingerprint density at radius 1 is 1.38 bits per heavy atom. The number of hydrogen-bond acceptors (Lipinski definition) is 2. The van der Waals surface area contributed by atoms with Crippen LogP contribution in [-0.2, 0) is 0 Å². The van der Waals surface area contributed by atoms with E-state index in [0.717, 1.165) is 17.3 Å². The molecule has 0 fully saturated rings. The fourth-order valence-corrected chi connectivity index (χ4v) is 2.05. The van der Waals surface area contributed by atoms with Gasteiger partial charge >= 0.3 is 0 Å². The number of benzene rings is 1. The lowest BCUT2D eigenvalue weighted by atomic mass is 10.1. The van der Waals surface area contributed by atoms with Gasteiger partial charge in [0.15, 0.2) is 0 Å². The number of carbonyl (C=O) groups excluding carboxylic acids is 1. The maximum absolute atomic E-state index is 11.9. The molecule has 0 saturated carbocycles.